The Kier molecular flexibility index (Phi) is 8.75. The topological polar surface area (TPSA) is 79.3 Å². The van der Waals surface area contributed by atoms with Crippen LogP contribution in [-0.4, -0.2) is 79.2 Å². The van der Waals surface area contributed by atoms with Gasteiger partial charge in [-0.15, -0.1) is 0 Å². The lowest BCUT2D eigenvalue weighted by atomic mass is 10.0. The standard InChI is InChI=1S/C21H42N2O5Si/c1-10-11-17-18(25)22(12-13-23(17)19(26)28-20(2,3)4)16(14-24)15-27-29(8,9)21(5,6)7/h16-17,24H,10-15H2,1-9H3/t16-,17+/m0/s1. The summed E-state index contributed by atoms with van der Waals surface area (Å²) in [7, 11) is -1.99. The van der Waals surface area contributed by atoms with E-state index in [1.165, 1.54) is 4.90 Å². The summed E-state index contributed by atoms with van der Waals surface area (Å²) < 4.78 is 11.8. The number of piperazine rings is 1. The van der Waals surface area contributed by atoms with Crippen LogP contribution in [0.15, 0.2) is 0 Å². The third-order valence-electron chi connectivity index (χ3n) is 5.81. The molecular formula is C21H42N2O5Si. The molecule has 0 radical (unpaired) electrons. The molecule has 1 aliphatic rings. The van der Waals surface area contributed by atoms with E-state index in [9.17, 15) is 14.7 Å². The van der Waals surface area contributed by atoms with Crippen molar-refractivity contribution in [3.63, 3.8) is 0 Å². The summed E-state index contributed by atoms with van der Waals surface area (Å²) in [4.78, 5) is 29.1. The van der Waals surface area contributed by atoms with Gasteiger partial charge in [0.25, 0.3) is 0 Å². The summed E-state index contributed by atoms with van der Waals surface area (Å²) in [6, 6.07) is -0.970. The fraction of sp³-hybridized carbons (Fsp3) is 0.905. The summed E-state index contributed by atoms with van der Waals surface area (Å²) in [5.41, 5.74) is -0.612. The van der Waals surface area contributed by atoms with Crippen molar-refractivity contribution in [1.82, 2.24) is 9.80 Å². The molecule has 0 spiro atoms. The molecule has 0 saturated carbocycles. The summed E-state index contributed by atoms with van der Waals surface area (Å²) >= 11 is 0. The molecule has 1 saturated heterocycles. The minimum atomic E-state index is -1.99. The number of aliphatic hydroxyl groups excluding tert-OH is 1. The maximum atomic E-state index is 13.2. The Morgan fingerprint density at radius 2 is 1.79 bits per heavy atom. The molecule has 8 heteroatoms. The molecule has 0 aliphatic carbocycles. The van der Waals surface area contributed by atoms with E-state index in [2.05, 4.69) is 33.9 Å². The Morgan fingerprint density at radius 3 is 2.24 bits per heavy atom. The minimum Gasteiger partial charge on any atom is -0.444 e. The van der Waals surface area contributed by atoms with Gasteiger partial charge in [-0.25, -0.2) is 4.79 Å². The molecule has 0 aromatic heterocycles. The van der Waals surface area contributed by atoms with Gasteiger partial charge in [-0.05, 0) is 45.3 Å². The summed E-state index contributed by atoms with van der Waals surface area (Å²) in [6.45, 7) is 19.1. The predicted octanol–water partition coefficient (Wildman–Crippen LogP) is 3.62. The fourth-order valence-electron chi connectivity index (χ4n) is 3.02. The molecule has 0 aromatic rings. The van der Waals surface area contributed by atoms with Gasteiger partial charge in [-0.1, -0.05) is 34.1 Å². The largest absolute Gasteiger partial charge is 0.444 e. The predicted molar refractivity (Wildman–Crippen MR) is 117 cm³/mol. The fourth-order valence-corrected chi connectivity index (χ4v) is 4.06. The monoisotopic (exact) mass is 430 g/mol. The highest BCUT2D eigenvalue weighted by atomic mass is 28.4. The van der Waals surface area contributed by atoms with Crippen LogP contribution in [0.1, 0.15) is 61.3 Å². The van der Waals surface area contributed by atoms with Crippen LogP contribution in [0.3, 0.4) is 0 Å². The number of carbonyl (C=O) groups excluding carboxylic acids is 2. The Labute approximate surface area is 177 Å². The highest BCUT2D eigenvalue weighted by Gasteiger charge is 2.42. The molecule has 0 bridgehead atoms. The number of aliphatic hydroxyl groups is 1. The lowest BCUT2D eigenvalue weighted by Crippen LogP contribution is -2.63. The van der Waals surface area contributed by atoms with Crippen LogP contribution in [-0.2, 0) is 14.0 Å². The van der Waals surface area contributed by atoms with Crippen molar-refractivity contribution in [2.75, 3.05) is 26.3 Å². The molecule has 1 fully saturated rings. The first-order chi connectivity index (χ1) is 13.1. The van der Waals surface area contributed by atoms with Gasteiger partial charge in [-0.3, -0.25) is 9.69 Å². The van der Waals surface area contributed by atoms with Crippen molar-refractivity contribution in [2.45, 2.75) is 97.1 Å². The van der Waals surface area contributed by atoms with E-state index >= 15 is 0 Å². The van der Waals surface area contributed by atoms with E-state index in [0.717, 1.165) is 6.42 Å². The second-order valence-electron chi connectivity index (χ2n) is 10.4. The van der Waals surface area contributed by atoms with E-state index in [-0.39, 0.29) is 17.6 Å². The lowest BCUT2D eigenvalue weighted by molar-refractivity contribution is -0.146. The summed E-state index contributed by atoms with van der Waals surface area (Å²) in [5.74, 6) is -0.137. The Bertz CT molecular complexity index is 568. The first kappa shape index (κ1) is 25.9. The van der Waals surface area contributed by atoms with Gasteiger partial charge in [0, 0.05) is 13.1 Å². The number of hydrogen-bond donors (Lipinski definition) is 1. The molecule has 29 heavy (non-hydrogen) atoms. The molecule has 1 heterocycles. The molecule has 0 aromatic carbocycles. The van der Waals surface area contributed by atoms with E-state index in [0.29, 0.717) is 26.1 Å². The van der Waals surface area contributed by atoms with Crippen LogP contribution in [0.2, 0.25) is 18.1 Å². The van der Waals surface area contributed by atoms with Crippen LogP contribution in [0, 0.1) is 0 Å². The number of nitrogens with zero attached hydrogens (tertiary/aromatic N) is 2. The molecular weight excluding hydrogens is 388 g/mol. The van der Waals surface area contributed by atoms with Crippen molar-refractivity contribution < 1.29 is 23.9 Å². The van der Waals surface area contributed by atoms with Gasteiger partial charge in [0.05, 0.1) is 19.3 Å². The Balaban J connectivity index is 2.93. The molecule has 2 amide bonds. The van der Waals surface area contributed by atoms with Gasteiger partial charge in [-0.2, -0.15) is 0 Å². The van der Waals surface area contributed by atoms with Crippen molar-refractivity contribution >= 4 is 20.3 Å². The SMILES string of the molecule is CCC[C@@H]1C(=O)N([C@@H](CO)CO[Si](C)(C)C(C)(C)C)CCN1C(=O)OC(C)(C)C. The second-order valence-corrected chi connectivity index (χ2v) is 15.2. The van der Waals surface area contributed by atoms with Crippen LogP contribution in [0.5, 0.6) is 0 Å². The van der Waals surface area contributed by atoms with E-state index in [4.69, 9.17) is 9.16 Å². The second kappa shape index (κ2) is 9.79. The van der Waals surface area contributed by atoms with Crippen molar-refractivity contribution in [2.24, 2.45) is 0 Å². The Morgan fingerprint density at radius 1 is 1.21 bits per heavy atom. The zero-order chi connectivity index (χ0) is 22.6. The van der Waals surface area contributed by atoms with Crippen molar-refractivity contribution in [3.8, 4) is 0 Å². The molecule has 1 N–H and O–H groups in total. The summed E-state index contributed by atoms with van der Waals surface area (Å²) in [6.07, 6.45) is 0.880. The minimum absolute atomic E-state index is 0.0527. The first-order valence-electron chi connectivity index (χ1n) is 10.7. The highest BCUT2D eigenvalue weighted by Crippen LogP contribution is 2.36. The maximum Gasteiger partial charge on any atom is 0.411 e. The molecule has 1 aliphatic heterocycles. The van der Waals surface area contributed by atoms with Gasteiger partial charge >= 0.3 is 6.09 Å². The van der Waals surface area contributed by atoms with E-state index in [1.54, 1.807) is 4.90 Å². The summed E-state index contributed by atoms with van der Waals surface area (Å²) in [5, 5.41) is 10.0. The van der Waals surface area contributed by atoms with Gasteiger partial charge in [0.2, 0.25) is 5.91 Å². The normalized spacial score (nSPS) is 20.1. The molecule has 0 unspecified atom stereocenters. The van der Waals surface area contributed by atoms with Crippen molar-refractivity contribution in [3.05, 3.63) is 0 Å². The van der Waals surface area contributed by atoms with Gasteiger partial charge in [0.15, 0.2) is 8.32 Å². The Hall–Kier alpha value is -1.12. The highest BCUT2D eigenvalue weighted by molar-refractivity contribution is 6.74. The molecule has 170 valence electrons. The zero-order valence-corrected chi connectivity index (χ0v) is 20.9. The average Bonchev–Trinajstić information content (AvgIpc) is 2.55. The number of ether oxygens (including phenoxy) is 1. The van der Waals surface area contributed by atoms with Gasteiger partial charge in [0.1, 0.15) is 11.6 Å². The number of rotatable bonds is 7. The van der Waals surface area contributed by atoms with Crippen molar-refractivity contribution in [1.29, 1.82) is 0 Å². The van der Waals surface area contributed by atoms with E-state index < -0.39 is 32.1 Å². The molecule has 7 nitrogen and oxygen atoms in total. The quantitative estimate of drug-likeness (QED) is 0.624. The third-order valence-corrected chi connectivity index (χ3v) is 10.3. The number of amides is 2. The van der Waals surface area contributed by atoms with E-state index in [1.807, 2.05) is 27.7 Å². The number of hydrogen-bond acceptors (Lipinski definition) is 5. The first-order valence-corrected chi connectivity index (χ1v) is 13.6. The number of carbonyl (C=O) groups is 2. The zero-order valence-electron chi connectivity index (χ0n) is 19.9. The smallest absolute Gasteiger partial charge is 0.411 e. The van der Waals surface area contributed by atoms with Crippen LogP contribution < -0.4 is 0 Å². The maximum absolute atomic E-state index is 13.2. The third kappa shape index (κ3) is 6.96. The van der Waals surface area contributed by atoms with Gasteiger partial charge < -0.3 is 19.2 Å². The lowest BCUT2D eigenvalue weighted by Gasteiger charge is -2.44. The van der Waals surface area contributed by atoms with Crippen LogP contribution >= 0.6 is 0 Å². The average molecular weight is 431 g/mol. The van der Waals surface area contributed by atoms with Crippen LogP contribution in [0.4, 0.5) is 4.79 Å². The molecule has 2 atom stereocenters. The molecule has 1 rings (SSSR count). The van der Waals surface area contributed by atoms with Crippen LogP contribution in [0.25, 0.3) is 0 Å².